The molecule has 152 valence electrons. The molecule has 5 atom stereocenters. The molecule has 2 fully saturated rings. The molecule has 3 aromatic rings. The van der Waals surface area contributed by atoms with Crippen LogP contribution in [-0.2, 0) is 6.42 Å². The molecule has 9 heteroatoms. The SMILES string of the molecule is Nc1nc(SCCc2ccccc2)nc2c1ncn2[C@H]1[C@H](O)[C@H](O)[C@]2(CO)C[C@H]12. The molecule has 5 rings (SSSR count). The first-order chi connectivity index (χ1) is 14.0. The molecule has 0 spiro atoms. The summed E-state index contributed by atoms with van der Waals surface area (Å²) >= 11 is 1.52. The van der Waals surface area contributed by atoms with Crippen LogP contribution in [0.15, 0.2) is 41.8 Å². The van der Waals surface area contributed by atoms with Crippen molar-refractivity contribution in [3.8, 4) is 0 Å². The Morgan fingerprint density at radius 3 is 2.72 bits per heavy atom. The number of fused-ring (bicyclic) bond motifs is 2. The van der Waals surface area contributed by atoms with Gasteiger partial charge in [0.15, 0.2) is 16.6 Å². The number of nitrogens with zero attached hydrogens (tertiary/aromatic N) is 4. The Morgan fingerprint density at radius 1 is 1.21 bits per heavy atom. The van der Waals surface area contributed by atoms with Crippen LogP contribution in [0.1, 0.15) is 18.0 Å². The van der Waals surface area contributed by atoms with E-state index in [0.717, 1.165) is 12.2 Å². The molecule has 2 heterocycles. The van der Waals surface area contributed by atoms with Gasteiger partial charge in [-0.05, 0) is 24.3 Å². The van der Waals surface area contributed by atoms with Gasteiger partial charge in [-0.15, -0.1) is 0 Å². The highest BCUT2D eigenvalue weighted by atomic mass is 32.2. The van der Waals surface area contributed by atoms with E-state index in [1.807, 2.05) is 18.2 Å². The molecule has 0 amide bonds. The molecular weight excluding hydrogens is 390 g/mol. The van der Waals surface area contributed by atoms with Gasteiger partial charge in [0.25, 0.3) is 0 Å². The number of rotatable bonds is 6. The highest BCUT2D eigenvalue weighted by Gasteiger charge is 2.71. The number of hydrogen-bond donors (Lipinski definition) is 4. The third-order valence-electron chi connectivity index (χ3n) is 6.36. The molecule has 2 aromatic heterocycles. The maximum absolute atomic E-state index is 10.6. The predicted octanol–water partition coefficient (Wildman–Crippen LogP) is 1.02. The zero-order valence-corrected chi connectivity index (χ0v) is 16.5. The Bertz CT molecular complexity index is 1050. The summed E-state index contributed by atoms with van der Waals surface area (Å²) in [5.41, 5.74) is 7.79. The minimum Gasteiger partial charge on any atom is -0.396 e. The minimum atomic E-state index is -0.983. The predicted molar refractivity (Wildman–Crippen MR) is 109 cm³/mol. The van der Waals surface area contributed by atoms with Gasteiger partial charge in [0.05, 0.1) is 25.1 Å². The summed E-state index contributed by atoms with van der Waals surface area (Å²) in [5, 5.41) is 31.3. The summed E-state index contributed by atoms with van der Waals surface area (Å²) in [7, 11) is 0. The number of anilines is 1. The maximum Gasteiger partial charge on any atom is 0.191 e. The fourth-order valence-electron chi connectivity index (χ4n) is 4.66. The summed E-state index contributed by atoms with van der Waals surface area (Å²) in [4.78, 5) is 13.4. The minimum absolute atomic E-state index is 0.0136. The topological polar surface area (TPSA) is 130 Å². The van der Waals surface area contributed by atoms with Gasteiger partial charge < -0.3 is 25.6 Å². The number of aliphatic hydroxyl groups is 3. The fourth-order valence-corrected chi connectivity index (χ4v) is 5.49. The van der Waals surface area contributed by atoms with Gasteiger partial charge in [0.2, 0.25) is 0 Å². The number of nitrogens with two attached hydrogens (primary N) is 1. The maximum atomic E-state index is 10.6. The van der Waals surface area contributed by atoms with E-state index >= 15 is 0 Å². The first kappa shape index (κ1) is 18.8. The van der Waals surface area contributed by atoms with Gasteiger partial charge in [0.1, 0.15) is 11.6 Å². The third-order valence-corrected chi connectivity index (χ3v) is 7.21. The second kappa shape index (κ2) is 6.94. The van der Waals surface area contributed by atoms with Crippen molar-refractivity contribution in [2.24, 2.45) is 11.3 Å². The highest BCUT2D eigenvalue weighted by Crippen LogP contribution is 2.67. The van der Waals surface area contributed by atoms with Crippen LogP contribution >= 0.6 is 11.8 Å². The van der Waals surface area contributed by atoms with Crippen LogP contribution in [0.4, 0.5) is 5.82 Å². The van der Waals surface area contributed by atoms with Crippen LogP contribution < -0.4 is 5.73 Å². The van der Waals surface area contributed by atoms with Gasteiger partial charge in [-0.25, -0.2) is 15.0 Å². The lowest BCUT2D eigenvalue weighted by molar-refractivity contribution is -0.0300. The highest BCUT2D eigenvalue weighted by molar-refractivity contribution is 7.99. The van der Waals surface area contributed by atoms with Gasteiger partial charge in [-0.1, -0.05) is 42.1 Å². The normalized spacial score (nSPS) is 30.6. The molecule has 2 saturated carbocycles. The molecule has 5 N–H and O–H groups in total. The van der Waals surface area contributed by atoms with E-state index in [1.54, 1.807) is 10.9 Å². The number of imidazole rings is 1. The van der Waals surface area contributed by atoms with Crippen molar-refractivity contribution < 1.29 is 15.3 Å². The zero-order valence-electron chi connectivity index (χ0n) is 15.7. The largest absolute Gasteiger partial charge is 0.396 e. The standard InChI is InChI=1S/C20H23N5O3S/c21-17-13-18(24-19(23-17)29-7-6-11-4-2-1-3-5-11)25(10-22-13)14-12-8-20(12,9-26)16(28)15(14)27/h1-5,10,12,14-16,26-28H,6-9H2,(H2,21,23,24)/t12-,14-,15+,16+,20+/m1/s1. The van der Waals surface area contributed by atoms with Crippen molar-refractivity contribution in [3.63, 3.8) is 0 Å². The fraction of sp³-hybridized carbons (Fsp3) is 0.450. The summed E-state index contributed by atoms with van der Waals surface area (Å²) < 4.78 is 1.79. The van der Waals surface area contributed by atoms with Crippen molar-refractivity contribution in [2.45, 2.75) is 36.2 Å². The molecule has 0 aliphatic heterocycles. The second-order valence-corrected chi connectivity index (χ2v) is 8.99. The van der Waals surface area contributed by atoms with Gasteiger partial charge in [0, 0.05) is 11.2 Å². The van der Waals surface area contributed by atoms with Crippen molar-refractivity contribution in [1.82, 2.24) is 19.5 Å². The molecule has 8 nitrogen and oxygen atoms in total. The number of nitrogen functional groups attached to an aromatic ring is 1. The van der Waals surface area contributed by atoms with Gasteiger partial charge in [-0.3, -0.25) is 0 Å². The average Bonchev–Trinajstić information content (AvgIpc) is 3.24. The van der Waals surface area contributed by atoms with Crippen molar-refractivity contribution >= 4 is 28.7 Å². The number of benzene rings is 1. The Morgan fingerprint density at radius 2 is 2.00 bits per heavy atom. The van der Waals surface area contributed by atoms with E-state index < -0.39 is 23.7 Å². The molecule has 0 radical (unpaired) electrons. The molecular formula is C20H23N5O3S. The molecule has 2 aliphatic rings. The summed E-state index contributed by atoms with van der Waals surface area (Å²) in [6.07, 6.45) is 1.22. The van der Waals surface area contributed by atoms with Crippen molar-refractivity contribution in [3.05, 3.63) is 42.2 Å². The third kappa shape index (κ3) is 2.92. The quantitative estimate of drug-likeness (QED) is 0.348. The van der Waals surface area contributed by atoms with Crippen molar-refractivity contribution in [1.29, 1.82) is 0 Å². The van der Waals surface area contributed by atoms with Crippen LogP contribution in [0.25, 0.3) is 11.2 Å². The molecule has 29 heavy (non-hydrogen) atoms. The van der Waals surface area contributed by atoms with Crippen LogP contribution in [0.2, 0.25) is 0 Å². The summed E-state index contributed by atoms with van der Waals surface area (Å²) in [6.45, 7) is -0.142. The second-order valence-electron chi connectivity index (χ2n) is 7.93. The van der Waals surface area contributed by atoms with Gasteiger partial charge >= 0.3 is 0 Å². The number of thioether (sulfide) groups is 1. The van der Waals surface area contributed by atoms with E-state index in [9.17, 15) is 15.3 Å². The monoisotopic (exact) mass is 413 g/mol. The molecule has 2 aliphatic carbocycles. The molecule has 1 aromatic carbocycles. The smallest absolute Gasteiger partial charge is 0.191 e. The van der Waals surface area contributed by atoms with E-state index in [1.165, 1.54) is 17.3 Å². The number of aliphatic hydroxyl groups excluding tert-OH is 3. The number of aryl methyl sites for hydroxylation is 1. The molecule has 0 unspecified atom stereocenters. The Balaban J connectivity index is 1.41. The molecule has 0 bridgehead atoms. The number of hydrogen-bond acceptors (Lipinski definition) is 8. The first-order valence-corrected chi connectivity index (χ1v) is 10.7. The average molecular weight is 414 g/mol. The van der Waals surface area contributed by atoms with Crippen LogP contribution in [0.5, 0.6) is 0 Å². The lowest BCUT2D eigenvalue weighted by Gasteiger charge is -2.23. The summed E-state index contributed by atoms with van der Waals surface area (Å²) in [6, 6.07) is 9.82. The van der Waals surface area contributed by atoms with Gasteiger partial charge in [-0.2, -0.15) is 0 Å². The van der Waals surface area contributed by atoms with Crippen LogP contribution in [0, 0.1) is 11.3 Å². The van der Waals surface area contributed by atoms with E-state index in [-0.39, 0.29) is 12.5 Å². The van der Waals surface area contributed by atoms with Crippen LogP contribution in [-0.4, -0.2) is 59.4 Å². The lowest BCUT2D eigenvalue weighted by atomic mass is 10.0. The van der Waals surface area contributed by atoms with Crippen molar-refractivity contribution in [2.75, 3.05) is 18.1 Å². The van der Waals surface area contributed by atoms with E-state index in [0.29, 0.717) is 28.6 Å². The van der Waals surface area contributed by atoms with Crippen LogP contribution in [0.3, 0.4) is 0 Å². The summed E-state index contributed by atoms with van der Waals surface area (Å²) in [5.74, 6) is 1.10. The first-order valence-electron chi connectivity index (χ1n) is 9.69. The Hall–Kier alpha value is -2.20. The Labute approximate surface area is 171 Å². The van der Waals surface area contributed by atoms with E-state index in [4.69, 9.17) is 5.73 Å². The van der Waals surface area contributed by atoms with E-state index in [2.05, 4.69) is 27.1 Å². The zero-order chi connectivity index (χ0) is 20.2. The Kier molecular flexibility index (Phi) is 4.50. The molecule has 0 saturated heterocycles. The lowest BCUT2D eigenvalue weighted by Crippen LogP contribution is -2.35. The number of aromatic nitrogens is 4.